The Balaban J connectivity index is 0.000000345. The van der Waals surface area contributed by atoms with Crippen LogP contribution in [0, 0.1) is 35.0 Å². The molecule has 3 aliphatic rings. The topological polar surface area (TPSA) is 159 Å². The molecule has 3 fully saturated rings. The summed E-state index contributed by atoms with van der Waals surface area (Å²) in [6.45, 7) is 15.2. The zero-order chi connectivity index (χ0) is 34.2. The highest BCUT2D eigenvalue weighted by molar-refractivity contribution is 5.93. The zero-order valence-electron chi connectivity index (χ0n) is 28.5. The molecule has 2 aliphatic heterocycles. The van der Waals surface area contributed by atoms with Gasteiger partial charge in [0, 0.05) is 31.4 Å². The van der Waals surface area contributed by atoms with Gasteiger partial charge in [-0.1, -0.05) is 33.6 Å². The van der Waals surface area contributed by atoms with Crippen LogP contribution in [0.25, 0.3) is 0 Å². The van der Waals surface area contributed by atoms with E-state index in [1.54, 1.807) is 6.07 Å². The molecule has 4 amide bonds. The van der Waals surface area contributed by atoms with Gasteiger partial charge in [-0.25, -0.2) is 4.98 Å². The van der Waals surface area contributed by atoms with E-state index in [0.717, 1.165) is 30.8 Å². The van der Waals surface area contributed by atoms with Gasteiger partial charge >= 0.3 is 0 Å². The Morgan fingerprint density at radius 3 is 2.11 bits per heavy atom. The van der Waals surface area contributed by atoms with Crippen molar-refractivity contribution in [2.75, 3.05) is 45.6 Å². The van der Waals surface area contributed by atoms with Gasteiger partial charge in [-0.3, -0.25) is 19.2 Å². The number of aromatic nitrogens is 1. The Hall–Kier alpha value is -3.72. The second kappa shape index (κ2) is 19.6. The standard InChI is InChI=1S/C12H12N4O3.C11H18N2O2.C6H15N.C4H10/c13-5-9-4-8(6-16(9)7-17)12(19)15-11-10(18)2-1-3-14-11;14-8-12-5-11(15)13-6-9-3-1-2-4-10(9)7-13;1-6(2,3)7(4)5;1-4(2)3/h1-3,7-9,18H,4,6H2,(H,14,15,19);8-10H,1-7H2,(H,12,14);1-5H3;4H,1-3H3. The predicted molar refractivity (Wildman–Crippen MR) is 175 cm³/mol. The molecule has 12 nitrogen and oxygen atoms in total. The summed E-state index contributed by atoms with van der Waals surface area (Å²) in [7, 11) is 4.17. The number of aromatic hydroxyl groups is 1. The Morgan fingerprint density at radius 1 is 1.13 bits per heavy atom. The first-order chi connectivity index (χ1) is 21.1. The highest BCUT2D eigenvalue weighted by Crippen LogP contribution is 2.35. The van der Waals surface area contributed by atoms with Gasteiger partial charge in [0.05, 0.1) is 18.5 Å². The van der Waals surface area contributed by atoms with E-state index in [9.17, 15) is 24.3 Å². The first kappa shape index (κ1) is 39.3. The van der Waals surface area contributed by atoms with E-state index >= 15 is 0 Å². The van der Waals surface area contributed by atoms with Crippen LogP contribution in [-0.4, -0.2) is 101 Å². The van der Waals surface area contributed by atoms with E-state index in [1.165, 1.54) is 42.8 Å². The first-order valence-electron chi connectivity index (χ1n) is 15.8. The van der Waals surface area contributed by atoms with E-state index in [-0.39, 0.29) is 42.9 Å². The third-order valence-electron chi connectivity index (χ3n) is 8.03. The minimum atomic E-state index is -0.578. The molecule has 0 bridgehead atoms. The number of nitrogens with one attached hydrogen (secondary N) is 2. The summed E-state index contributed by atoms with van der Waals surface area (Å²) in [4.78, 5) is 53.7. The van der Waals surface area contributed by atoms with Crippen LogP contribution in [0.15, 0.2) is 18.3 Å². The zero-order valence-corrected chi connectivity index (χ0v) is 28.5. The maximum Gasteiger partial charge on any atom is 0.241 e. The molecule has 4 rings (SSSR count). The molecular formula is C33H55N7O5. The molecule has 1 aromatic heterocycles. The van der Waals surface area contributed by atoms with Crippen molar-refractivity contribution >= 4 is 30.5 Å². The number of nitrogens with zero attached hydrogens (tertiary/aromatic N) is 5. The minimum Gasteiger partial charge on any atom is -0.504 e. The second-order valence-corrected chi connectivity index (χ2v) is 13.6. The molecule has 12 heteroatoms. The quantitative estimate of drug-likeness (QED) is 0.404. The summed E-state index contributed by atoms with van der Waals surface area (Å²) in [5.74, 6) is 1.45. The maximum atomic E-state index is 12.0. The van der Waals surface area contributed by atoms with Crippen LogP contribution in [0.2, 0.25) is 0 Å². The largest absolute Gasteiger partial charge is 0.504 e. The number of anilines is 1. The summed E-state index contributed by atoms with van der Waals surface area (Å²) in [6.07, 6.45) is 8.06. The number of rotatable bonds is 6. The van der Waals surface area contributed by atoms with Crippen molar-refractivity contribution in [2.24, 2.45) is 23.7 Å². The van der Waals surface area contributed by atoms with Crippen LogP contribution >= 0.6 is 0 Å². The fourth-order valence-electron chi connectivity index (χ4n) is 4.86. The molecule has 2 saturated heterocycles. The minimum absolute atomic E-state index is 0.0662. The maximum absolute atomic E-state index is 12.0. The van der Waals surface area contributed by atoms with Gasteiger partial charge in [0.2, 0.25) is 24.6 Å². The van der Waals surface area contributed by atoms with Crippen LogP contribution in [-0.2, 0) is 19.2 Å². The van der Waals surface area contributed by atoms with Crippen molar-refractivity contribution in [1.29, 1.82) is 5.26 Å². The Morgan fingerprint density at radius 2 is 1.69 bits per heavy atom. The molecule has 4 atom stereocenters. The lowest BCUT2D eigenvalue weighted by molar-refractivity contribution is -0.130. The third kappa shape index (κ3) is 14.3. The molecule has 4 unspecified atom stereocenters. The van der Waals surface area contributed by atoms with E-state index in [1.807, 2.05) is 11.0 Å². The number of carbonyl (C=O) groups is 4. The smallest absolute Gasteiger partial charge is 0.241 e. The molecule has 3 heterocycles. The summed E-state index contributed by atoms with van der Waals surface area (Å²) in [5.41, 5.74) is 0.333. The highest BCUT2D eigenvalue weighted by Gasteiger charge is 2.37. The van der Waals surface area contributed by atoms with Crippen LogP contribution in [0.1, 0.15) is 73.6 Å². The van der Waals surface area contributed by atoms with E-state index < -0.39 is 12.0 Å². The van der Waals surface area contributed by atoms with Crippen molar-refractivity contribution in [3.63, 3.8) is 0 Å². The van der Waals surface area contributed by atoms with Crippen molar-refractivity contribution in [1.82, 2.24) is 25.0 Å². The van der Waals surface area contributed by atoms with Crippen molar-refractivity contribution in [3.05, 3.63) is 18.3 Å². The fraction of sp³-hybridized carbons (Fsp3) is 0.697. The number of hydrogen-bond acceptors (Lipinski definition) is 8. The summed E-state index contributed by atoms with van der Waals surface area (Å²) in [6, 6.07) is 4.35. The van der Waals surface area contributed by atoms with Gasteiger partial charge in [-0.05, 0) is 84.0 Å². The molecule has 0 spiro atoms. The monoisotopic (exact) mass is 629 g/mol. The van der Waals surface area contributed by atoms with E-state index in [2.05, 4.69) is 76.2 Å². The SMILES string of the molecule is CC(C)C.CN(C)C(C)(C)C.N#CC1CC(C(=O)Nc2ncccc2O)CN1C=O.O=CNCC(=O)N1CC2CCCCC2C1. The van der Waals surface area contributed by atoms with Crippen molar-refractivity contribution < 1.29 is 24.3 Å². The summed E-state index contributed by atoms with van der Waals surface area (Å²) < 4.78 is 0. The second-order valence-electron chi connectivity index (χ2n) is 13.6. The number of likely N-dealkylation sites (tertiary alicyclic amines) is 2. The van der Waals surface area contributed by atoms with Crippen LogP contribution in [0.5, 0.6) is 5.75 Å². The molecule has 1 aliphatic carbocycles. The van der Waals surface area contributed by atoms with Crippen LogP contribution in [0.4, 0.5) is 5.82 Å². The van der Waals surface area contributed by atoms with Crippen LogP contribution in [0.3, 0.4) is 0 Å². The van der Waals surface area contributed by atoms with Gasteiger partial charge in [0.15, 0.2) is 11.6 Å². The Kier molecular flexibility index (Phi) is 17.1. The van der Waals surface area contributed by atoms with E-state index in [4.69, 9.17) is 5.26 Å². The van der Waals surface area contributed by atoms with Gasteiger partial charge in [0.25, 0.3) is 0 Å². The van der Waals surface area contributed by atoms with Gasteiger partial charge < -0.3 is 30.4 Å². The molecule has 252 valence electrons. The molecule has 1 aromatic rings. The molecule has 3 N–H and O–H groups in total. The van der Waals surface area contributed by atoms with E-state index in [0.29, 0.717) is 18.4 Å². The van der Waals surface area contributed by atoms with Crippen molar-refractivity contribution in [2.45, 2.75) is 85.2 Å². The molecule has 1 saturated carbocycles. The number of nitriles is 1. The average molecular weight is 630 g/mol. The third-order valence-corrected chi connectivity index (χ3v) is 8.03. The molecule has 0 radical (unpaired) electrons. The number of hydrogen-bond donors (Lipinski definition) is 3. The Bertz CT molecular complexity index is 1100. The fourth-order valence-corrected chi connectivity index (χ4v) is 4.86. The lowest BCUT2D eigenvalue weighted by Gasteiger charge is -2.27. The van der Waals surface area contributed by atoms with Crippen molar-refractivity contribution in [3.8, 4) is 11.8 Å². The number of amides is 4. The number of pyridine rings is 1. The normalized spacial score (nSPS) is 21.9. The molecule has 45 heavy (non-hydrogen) atoms. The first-order valence-corrected chi connectivity index (χ1v) is 15.8. The number of carbonyl (C=O) groups excluding carboxylic acids is 4. The summed E-state index contributed by atoms with van der Waals surface area (Å²) in [5, 5.41) is 23.3. The molecular weight excluding hydrogens is 574 g/mol. The predicted octanol–water partition coefficient (Wildman–Crippen LogP) is 3.49. The lowest BCUT2D eigenvalue weighted by Crippen LogP contribution is -2.36. The lowest BCUT2D eigenvalue weighted by atomic mass is 9.82. The average Bonchev–Trinajstić information content (AvgIpc) is 3.61. The Labute approximate surface area is 269 Å². The van der Waals surface area contributed by atoms with Crippen LogP contribution < -0.4 is 10.6 Å². The molecule has 0 aromatic carbocycles. The van der Waals surface area contributed by atoms with Gasteiger partial charge in [-0.15, -0.1) is 0 Å². The summed E-state index contributed by atoms with van der Waals surface area (Å²) >= 11 is 0. The number of fused-ring (bicyclic) bond motifs is 1. The van der Waals surface area contributed by atoms with Gasteiger partial charge in [0.1, 0.15) is 6.04 Å². The highest BCUT2D eigenvalue weighted by atomic mass is 16.3. The van der Waals surface area contributed by atoms with Gasteiger partial charge in [-0.2, -0.15) is 5.26 Å².